The number of nitrogens with one attached hydrogen (secondary N) is 1. The molecule has 2 aliphatic carbocycles. The fourth-order valence-electron chi connectivity index (χ4n) is 7.69. The first-order valence-electron chi connectivity index (χ1n) is 16.3. The number of morpholine rings is 1. The normalized spacial score (nSPS) is 22.6. The number of fused-ring (bicyclic) bond motifs is 2. The summed E-state index contributed by atoms with van der Waals surface area (Å²) in [5.41, 5.74) is 4.55. The highest BCUT2D eigenvalue weighted by molar-refractivity contribution is 6.01. The molecule has 1 unspecified atom stereocenters. The molecule has 0 radical (unpaired) electrons. The van der Waals surface area contributed by atoms with E-state index in [2.05, 4.69) is 46.6 Å². The van der Waals surface area contributed by atoms with E-state index >= 15 is 0 Å². The Morgan fingerprint density at radius 1 is 0.844 bits per heavy atom. The van der Waals surface area contributed by atoms with Crippen molar-refractivity contribution in [2.24, 2.45) is 11.8 Å². The molecule has 3 atom stereocenters. The van der Waals surface area contributed by atoms with Gasteiger partial charge in [-0.25, -0.2) is 0 Å². The quantitative estimate of drug-likeness (QED) is 0.257. The number of carbonyl (C=O) groups excluding carboxylic acids is 2. The average Bonchev–Trinajstić information content (AvgIpc) is 3.61. The highest BCUT2D eigenvalue weighted by atomic mass is 16.5. The zero-order chi connectivity index (χ0) is 30.6. The van der Waals surface area contributed by atoms with Crippen LogP contribution in [-0.2, 0) is 40.1 Å². The van der Waals surface area contributed by atoms with Gasteiger partial charge in [0.25, 0.3) is 0 Å². The molecule has 0 bridgehead atoms. The summed E-state index contributed by atoms with van der Waals surface area (Å²) < 4.78 is 11.3. The Morgan fingerprint density at radius 3 is 2.27 bits per heavy atom. The number of nitrogens with zero attached hydrogens (tertiary/aromatic N) is 2. The lowest BCUT2D eigenvalue weighted by Gasteiger charge is -2.50. The number of benzene rings is 3. The molecular formula is C38H41N3O4. The van der Waals surface area contributed by atoms with Crippen molar-refractivity contribution >= 4 is 23.2 Å². The van der Waals surface area contributed by atoms with Crippen molar-refractivity contribution in [2.45, 2.75) is 50.6 Å². The number of rotatable bonds is 8. The van der Waals surface area contributed by atoms with Crippen molar-refractivity contribution < 1.29 is 18.7 Å². The molecule has 4 aromatic rings. The van der Waals surface area contributed by atoms with Crippen LogP contribution in [0, 0.1) is 11.8 Å². The number of hydrogen-bond acceptors (Lipinski definition) is 5. The predicted molar refractivity (Wildman–Crippen MR) is 175 cm³/mol. The molecule has 1 aliphatic heterocycles. The monoisotopic (exact) mass is 603 g/mol. The topological polar surface area (TPSA) is 75.0 Å². The molecule has 1 aromatic heterocycles. The molecule has 3 aromatic carbocycles. The Labute approximate surface area is 265 Å². The third-order valence-electron chi connectivity index (χ3n) is 10.1. The molecule has 1 saturated heterocycles. The predicted octanol–water partition coefficient (Wildman–Crippen LogP) is 6.28. The highest BCUT2D eigenvalue weighted by Crippen LogP contribution is 2.47. The Kier molecular flexibility index (Phi) is 8.44. The van der Waals surface area contributed by atoms with Crippen LogP contribution in [0.2, 0.25) is 0 Å². The molecule has 45 heavy (non-hydrogen) atoms. The Hall–Kier alpha value is -4.36. The molecular weight excluding hydrogens is 562 g/mol. The SMILES string of the molecule is O=C(Cc1ccccc1)N(Cc1ccco1)C1(C(=O)Nc2ccc(N3CCOCC3)cc2)CC[C@@H]2Cc3ccccc3C[C@H]2C1. The molecule has 7 nitrogen and oxygen atoms in total. The first kappa shape index (κ1) is 29.4. The molecule has 3 aliphatic rings. The smallest absolute Gasteiger partial charge is 0.250 e. The number of anilines is 2. The summed E-state index contributed by atoms with van der Waals surface area (Å²) >= 11 is 0. The second kappa shape index (κ2) is 12.9. The Morgan fingerprint density at radius 2 is 1.56 bits per heavy atom. The van der Waals surface area contributed by atoms with Gasteiger partial charge in [0.1, 0.15) is 11.3 Å². The van der Waals surface area contributed by atoms with E-state index in [1.54, 1.807) is 6.26 Å². The average molecular weight is 604 g/mol. The largest absolute Gasteiger partial charge is 0.467 e. The van der Waals surface area contributed by atoms with Gasteiger partial charge in [-0.05, 0) is 97.0 Å². The van der Waals surface area contributed by atoms with Gasteiger partial charge in [-0.1, -0.05) is 54.6 Å². The second-order valence-electron chi connectivity index (χ2n) is 12.8. The van der Waals surface area contributed by atoms with E-state index in [-0.39, 0.29) is 24.8 Å². The third-order valence-corrected chi connectivity index (χ3v) is 10.1. The van der Waals surface area contributed by atoms with Gasteiger partial charge in [-0.3, -0.25) is 9.59 Å². The van der Waals surface area contributed by atoms with Crippen molar-refractivity contribution in [3.63, 3.8) is 0 Å². The summed E-state index contributed by atoms with van der Waals surface area (Å²) in [6.07, 6.45) is 5.91. The van der Waals surface area contributed by atoms with Crippen LogP contribution in [0.4, 0.5) is 11.4 Å². The van der Waals surface area contributed by atoms with Gasteiger partial charge in [0.05, 0.1) is 32.4 Å². The van der Waals surface area contributed by atoms with Gasteiger partial charge in [0.15, 0.2) is 0 Å². The van der Waals surface area contributed by atoms with Crippen LogP contribution in [0.1, 0.15) is 41.7 Å². The van der Waals surface area contributed by atoms with E-state index in [1.807, 2.05) is 59.5 Å². The van der Waals surface area contributed by atoms with E-state index in [4.69, 9.17) is 9.15 Å². The first-order valence-corrected chi connectivity index (χ1v) is 16.3. The molecule has 1 saturated carbocycles. The Balaban J connectivity index is 1.22. The summed E-state index contributed by atoms with van der Waals surface area (Å²) in [7, 11) is 0. The first-order chi connectivity index (χ1) is 22.1. The minimum atomic E-state index is -1.02. The maximum absolute atomic E-state index is 14.8. The lowest BCUT2D eigenvalue weighted by atomic mass is 9.62. The van der Waals surface area contributed by atoms with Crippen molar-refractivity contribution in [1.82, 2.24) is 4.90 Å². The lowest BCUT2D eigenvalue weighted by molar-refractivity contribution is -0.151. The van der Waals surface area contributed by atoms with Crippen molar-refractivity contribution in [2.75, 3.05) is 36.5 Å². The second-order valence-corrected chi connectivity index (χ2v) is 12.8. The maximum Gasteiger partial charge on any atom is 0.250 e. The lowest BCUT2D eigenvalue weighted by Crippen LogP contribution is -2.62. The highest BCUT2D eigenvalue weighted by Gasteiger charge is 2.52. The zero-order valence-electron chi connectivity index (χ0n) is 25.7. The van der Waals surface area contributed by atoms with Gasteiger partial charge < -0.3 is 24.3 Å². The molecule has 2 amide bonds. The number of ether oxygens (including phenoxy) is 1. The van der Waals surface area contributed by atoms with E-state index in [0.29, 0.717) is 30.4 Å². The minimum absolute atomic E-state index is 0.0647. The number of amides is 2. The van der Waals surface area contributed by atoms with Gasteiger partial charge >= 0.3 is 0 Å². The van der Waals surface area contributed by atoms with Crippen molar-refractivity contribution in [1.29, 1.82) is 0 Å². The van der Waals surface area contributed by atoms with Gasteiger partial charge in [-0.15, -0.1) is 0 Å². The molecule has 2 heterocycles. The van der Waals surface area contributed by atoms with Crippen LogP contribution < -0.4 is 10.2 Å². The number of carbonyl (C=O) groups is 2. The van der Waals surface area contributed by atoms with Crippen LogP contribution >= 0.6 is 0 Å². The molecule has 7 heteroatoms. The van der Waals surface area contributed by atoms with Crippen LogP contribution in [0.3, 0.4) is 0 Å². The number of furan rings is 1. The van der Waals surface area contributed by atoms with E-state index < -0.39 is 5.54 Å². The van der Waals surface area contributed by atoms with Crippen LogP contribution in [0.25, 0.3) is 0 Å². The fraction of sp³-hybridized carbons (Fsp3) is 0.368. The molecule has 0 spiro atoms. The summed E-state index contributed by atoms with van der Waals surface area (Å²) in [5.74, 6) is 1.28. The van der Waals surface area contributed by atoms with Gasteiger partial charge in [0.2, 0.25) is 11.8 Å². The summed E-state index contributed by atoms with van der Waals surface area (Å²) in [4.78, 5) is 33.3. The van der Waals surface area contributed by atoms with Gasteiger partial charge in [0, 0.05) is 24.5 Å². The number of hydrogen-bond donors (Lipinski definition) is 1. The molecule has 232 valence electrons. The van der Waals surface area contributed by atoms with E-state index in [9.17, 15) is 9.59 Å². The zero-order valence-corrected chi connectivity index (χ0v) is 25.7. The Bertz CT molecular complexity index is 1600. The minimum Gasteiger partial charge on any atom is -0.467 e. The van der Waals surface area contributed by atoms with Crippen molar-refractivity contribution in [3.05, 3.63) is 120 Å². The standard InChI is InChI=1S/C38H41N3O4/c42-36(23-28-7-2-1-3-8-28)41(27-35-11-6-20-45-35)38(17-16-31-24-29-9-4-5-10-30(29)25-32(31)26-38)37(43)39-33-12-14-34(15-13-33)40-18-21-44-22-19-40/h1-15,20,31-32H,16-19,21-27H2,(H,39,43)/t31-,32+,38?/m1/s1. The molecule has 2 fully saturated rings. The molecule has 7 rings (SSSR count). The summed E-state index contributed by atoms with van der Waals surface area (Å²) in [6.45, 7) is 3.39. The molecule has 1 N–H and O–H groups in total. The van der Waals surface area contributed by atoms with Crippen LogP contribution in [-0.4, -0.2) is 48.6 Å². The van der Waals surface area contributed by atoms with E-state index in [1.165, 1.54) is 11.1 Å². The van der Waals surface area contributed by atoms with Crippen LogP contribution in [0.5, 0.6) is 0 Å². The van der Waals surface area contributed by atoms with Crippen molar-refractivity contribution in [3.8, 4) is 0 Å². The van der Waals surface area contributed by atoms with Gasteiger partial charge in [-0.2, -0.15) is 0 Å². The summed E-state index contributed by atoms with van der Waals surface area (Å²) in [6, 6.07) is 30.3. The summed E-state index contributed by atoms with van der Waals surface area (Å²) in [5, 5.41) is 3.27. The third kappa shape index (κ3) is 6.27. The van der Waals surface area contributed by atoms with Crippen LogP contribution in [0.15, 0.2) is 102 Å². The fourth-order valence-corrected chi connectivity index (χ4v) is 7.69. The van der Waals surface area contributed by atoms with E-state index in [0.717, 1.165) is 62.5 Å². The maximum atomic E-state index is 14.8.